The van der Waals surface area contributed by atoms with Crippen LogP contribution >= 0.6 is 23.2 Å². The van der Waals surface area contributed by atoms with Crippen LogP contribution in [0.15, 0.2) is 47.4 Å². The van der Waals surface area contributed by atoms with Gasteiger partial charge in [0.2, 0.25) is 0 Å². The number of halogens is 2. The van der Waals surface area contributed by atoms with Gasteiger partial charge < -0.3 is 5.32 Å². The van der Waals surface area contributed by atoms with Gasteiger partial charge in [-0.15, -0.1) is 0 Å². The van der Waals surface area contributed by atoms with Crippen molar-refractivity contribution in [2.75, 3.05) is 4.72 Å². The average Bonchev–Trinajstić information content (AvgIpc) is 2.92. The summed E-state index contributed by atoms with van der Waals surface area (Å²) in [5.74, 6) is -0.288. The number of hydrogen-bond acceptors (Lipinski definition) is 3. The molecule has 1 amide bonds. The molecule has 0 spiro atoms. The molecule has 1 aliphatic carbocycles. The van der Waals surface area contributed by atoms with Crippen molar-refractivity contribution in [1.82, 2.24) is 5.32 Å². The molecule has 0 aliphatic heterocycles. The molecule has 0 bridgehead atoms. The Morgan fingerprint density at radius 3 is 2.21 bits per heavy atom. The van der Waals surface area contributed by atoms with Crippen LogP contribution in [0.1, 0.15) is 48.9 Å². The third-order valence-corrected chi connectivity index (χ3v) is 6.76. The van der Waals surface area contributed by atoms with Crippen molar-refractivity contribution in [3.63, 3.8) is 0 Å². The fraction of sp³-hybridized carbons (Fsp3) is 0.350. The first-order valence-corrected chi connectivity index (χ1v) is 11.5. The van der Waals surface area contributed by atoms with Crippen molar-refractivity contribution in [3.05, 3.63) is 58.1 Å². The van der Waals surface area contributed by atoms with E-state index in [0.717, 1.165) is 25.7 Å². The number of rotatable bonds is 5. The van der Waals surface area contributed by atoms with Crippen molar-refractivity contribution >= 4 is 44.8 Å². The highest BCUT2D eigenvalue weighted by Crippen LogP contribution is 2.25. The lowest BCUT2D eigenvalue weighted by Crippen LogP contribution is -2.34. The maximum atomic E-state index is 12.7. The number of amides is 1. The van der Waals surface area contributed by atoms with Gasteiger partial charge in [0.15, 0.2) is 0 Å². The Labute approximate surface area is 175 Å². The van der Waals surface area contributed by atoms with Crippen LogP contribution in [0.3, 0.4) is 0 Å². The van der Waals surface area contributed by atoms with E-state index >= 15 is 0 Å². The molecule has 0 aromatic heterocycles. The molecule has 0 saturated heterocycles. The summed E-state index contributed by atoms with van der Waals surface area (Å²) in [5, 5.41) is 3.75. The molecule has 0 atom stereocenters. The van der Waals surface area contributed by atoms with Crippen LogP contribution in [0.25, 0.3) is 0 Å². The molecule has 5 nitrogen and oxygen atoms in total. The van der Waals surface area contributed by atoms with Gasteiger partial charge in [-0.2, -0.15) is 0 Å². The van der Waals surface area contributed by atoms with Crippen LogP contribution < -0.4 is 10.0 Å². The number of carbonyl (C=O) groups is 1. The first-order chi connectivity index (χ1) is 13.3. The summed E-state index contributed by atoms with van der Waals surface area (Å²) in [6, 6.07) is 10.5. The van der Waals surface area contributed by atoms with E-state index in [1.165, 1.54) is 55.3 Å². The van der Waals surface area contributed by atoms with Crippen LogP contribution in [0.4, 0.5) is 5.69 Å². The molecule has 0 unspecified atom stereocenters. The van der Waals surface area contributed by atoms with Crippen LogP contribution in [0, 0.1) is 0 Å². The van der Waals surface area contributed by atoms with Gasteiger partial charge in [-0.25, -0.2) is 8.42 Å². The molecule has 2 aromatic rings. The highest BCUT2D eigenvalue weighted by atomic mass is 35.5. The van der Waals surface area contributed by atoms with Gasteiger partial charge in [-0.3, -0.25) is 9.52 Å². The van der Waals surface area contributed by atoms with Gasteiger partial charge >= 0.3 is 0 Å². The van der Waals surface area contributed by atoms with E-state index in [0.29, 0.717) is 5.02 Å². The molecule has 1 saturated carbocycles. The molecule has 8 heteroatoms. The van der Waals surface area contributed by atoms with Crippen molar-refractivity contribution in [2.24, 2.45) is 0 Å². The molecule has 0 radical (unpaired) electrons. The van der Waals surface area contributed by atoms with Gasteiger partial charge in [0.1, 0.15) is 0 Å². The standard InChI is InChI=1S/C20H22Cl2N2O3S/c21-14-7-10-17(11-8-14)28(26,27)24-16-9-12-19(22)18(13-16)20(25)23-15-5-3-1-2-4-6-15/h7-13,15,24H,1-6H2,(H,23,25). The summed E-state index contributed by atoms with van der Waals surface area (Å²) in [6.45, 7) is 0. The van der Waals surface area contributed by atoms with Crippen LogP contribution in [-0.2, 0) is 10.0 Å². The molecule has 3 rings (SSSR count). The Bertz CT molecular complexity index is 938. The highest BCUT2D eigenvalue weighted by Gasteiger charge is 2.20. The molecular weight excluding hydrogens is 419 g/mol. The van der Waals surface area contributed by atoms with Crippen LogP contribution in [-0.4, -0.2) is 20.4 Å². The Morgan fingerprint density at radius 1 is 0.929 bits per heavy atom. The van der Waals surface area contributed by atoms with E-state index < -0.39 is 10.0 Å². The Kier molecular flexibility index (Phi) is 6.86. The minimum Gasteiger partial charge on any atom is -0.349 e. The van der Waals surface area contributed by atoms with Crippen LogP contribution in [0.5, 0.6) is 0 Å². The first kappa shape index (κ1) is 21.0. The minimum atomic E-state index is -3.80. The summed E-state index contributed by atoms with van der Waals surface area (Å²) >= 11 is 12.0. The lowest BCUT2D eigenvalue weighted by molar-refractivity contribution is 0.0933. The van der Waals surface area contributed by atoms with Crippen molar-refractivity contribution in [3.8, 4) is 0 Å². The topological polar surface area (TPSA) is 75.3 Å². The Hall–Kier alpha value is -1.76. The zero-order valence-corrected chi connectivity index (χ0v) is 17.6. The number of carbonyl (C=O) groups excluding carboxylic acids is 1. The van der Waals surface area contributed by atoms with E-state index in [2.05, 4.69) is 10.0 Å². The van der Waals surface area contributed by atoms with Gasteiger partial charge in [0.05, 0.1) is 15.5 Å². The maximum absolute atomic E-state index is 12.7. The first-order valence-electron chi connectivity index (χ1n) is 9.24. The molecular formula is C20H22Cl2N2O3S. The number of anilines is 1. The summed E-state index contributed by atoms with van der Waals surface area (Å²) in [7, 11) is -3.80. The van der Waals surface area contributed by atoms with E-state index in [-0.39, 0.29) is 33.1 Å². The second-order valence-electron chi connectivity index (χ2n) is 6.92. The number of nitrogens with one attached hydrogen (secondary N) is 2. The lowest BCUT2D eigenvalue weighted by Gasteiger charge is -2.17. The van der Waals surface area contributed by atoms with E-state index in [9.17, 15) is 13.2 Å². The van der Waals surface area contributed by atoms with E-state index in [4.69, 9.17) is 23.2 Å². The normalized spacial score (nSPS) is 15.6. The minimum absolute atomic E-state index is 0.0799. The molecule has 0 heterocycles. The van der Waals surface area contributed by atoms with Gasteiger partial charge in [0, 0.05) is 16.8 Å². The summed E-state index contributed by atoms with van der Waals surface area (Å²) in [6.07, 6.45) is 6.47. The van der Waals surface area contributed by atoms with Gasteiger partial charge in [-0.1, -0.05) is 48.9 Å². The predicted molar refractivity (Wildman–Crippen MR) is 113 cm³/mol. The van der Waals surface area contributed by atoms with Gasteiger partial charge in [-0.05, 0) is 55.3 Å². The quantitative estimate of drug-likeness (QED) is 0.623. The highest BCUT2D eigenvalue weighted by molar-refractivity contribution is 7.92. The largest absolute Gasteiger partial charge is 0.349 e. The monoisotopic (exact) mass is 440 g/mol. The second kappa shape index (κ2) is 9.16. The fourth-order valence-corrected chi connectivity index (χ4v) is 4.66. The zero-order chi connectivity index (χ0) is 20.1. The molecule has 28 heavy (non-hydrogen) atoms. The van der Waals surface area contributed by atoms with Crippen LogP contribution in [0.2, 0.25) is 10.0 Å². The lowest BCUT2D eigenvalue weighted by atomic mass is 10.1. The smallest absolute Gasteiger partial charge is 0.261 e. The molecule has 2 aromatic carbocycles. The van der Waals surface area contributed by atoms with E-state index in [1.54, 1.807) is 0 Å². The van der Waals surface area contributed by atoms with Crippen molar-refractivity contribution < 1.29 is 13.2 Å². The third-order valence-electron chi connectivity index (χ3n) is 4.78. The Balaban J connectivity index is 1.77. The number of sulfonamides is 1. The summed E-state index contributed by atoms with van der Waals surface area (Å²) < 4.78 is 27.6. The van der Waals surface area contributed by atoms with E-state index in [1.807, 2.05) is 0 Å². The summed E-state index contributed by atoms with van der Waals surface area (Å²) in [5.41, 5.74) is 0.521. The Morgan fingerprint density at radius 2 is 1.57 bits per heavy atom. The maximum Gasteiger partial charge on any atom is 0.261 e. The SMILES string of the molecule is O=C(NC1CCCCCC1)c1cc(NS(=O)(=O)c2ccc(Cl)cc2)ccc1Cl. The predicted octanol–water partition coefficient (Wildman–Crippen LogP) is 5.25. The fourth-order valence-electron chi connectivity index (χ4n) is 3.28. The summed E-state index contributed by atoms with van der Waals surface area (Å²) in [4.78, 5) is 12.8. The molecule has 2 N–H and O–H groups in total. The van der Waals surface area contributed by atoms with Gasteiger partial charge in [0.25, 0.3) is 15.9 Å². The third kappa shape index (κ3) is 5.40. The van der Waals surface area contributed by atoms with Crippen molar-refractivity contribution in [2.45, 2.75) is 49.5 Å². The zero-order valence-electron chi connectivity index (χ0n) is 15.3. The molecule has 1 fully saturated rings. The average molecular weight is 441 g/mol. The number of benzene rings is 2. The molecule has 150 valence electrons. The second-order valence-corrected chi connectivity index (χ2v) is 9.44. The van der Waals surface area contributed by atoms with Crippen molar-refractivity contribution in [1.29, 1.82) is 0 Å². The molecule has 1 aliphatic rings. The number of hydrogen-bond donors (Lipinski definition) is 2.